The maximum Gasteiger partial charge on any atom is 1.00 e. The molecule has 0 aromatic carbocycles. The second-order valence-corrected chi connectivity index (χ2v) is 9.65. The first-order valence-corrected chi connectivity index (χ1v) is 11.5. The van der Waals surface area contributed by atoms with Crippen molar-refractivity contribution in [1.82, 2.24) is 0 Å². The van der Waals surface area contributed by atoms with E-state index in [0.29, 0.717) is 12.8 Å². The normalized spacial score (nSPS) is 36.4. The molecule has 0 aromatic heterocycles. The van der Waals surface area contributed by atoms with Gasteiger partial charge < -0.3 is 24.1 Å². The number of carboxylic acids is 1. The van der Waals surface area contributed by atoms with E-state index in [1.807, 2.05) is 0 Å². The largest absolute Gasteiger partial charge is 1.00 e. The van der Waals surface area contributed by atoms with E-state index in [9.17, 15) is 24.3 Å². The summed E-state index contributed by atoms with van der Waals surface area (Å²) in [6, 6.07) is 0. The zero-order chi connectivity index (χ0) is 22.1. The third-order valence-electron chi connectivity index (χ3n) is 8.15. The average molecular weight is 458 g/mol. The van der Waals surface area contributed by atoms with Crippen LogP contribution in [0.1, 0.15) is 51.4 Å². The van der Waals surface area contributed by atoms with E-state index in [4.69, 9.17) is 14.2 Å². The van der Waals surface area contributed by atoms with E-state index in [0.717, 1.165) is 38.5 Å². The molecule has 0 heterocycles. The molecular weight excluding hydrogens is 427 g/mol. The Morgan fingerprint density at radius 3 is 1.47 bits per heavy atom. The van der Waals surface area contributed by atoms with Crippen molar-refractivity contribution in [3.8, 4) is 0 Å². The Labute approximate surface area is 210 Å². The summed E-state index contributed by atoms with van der Waals surface area (Å²) in [5.41, 5.74) is 0. The van der Waals surface area contributed by atoms with Crippen LogP contribution in [0.2, 0.25) is 0 Å². The molecular formula is C23H31NaO8. The number of ether oxygens (including phenoxy) is 3. The van der Waals surface area contributed by atoms with Gasteiger partial charge in [-0.05, 0) is 75.0 Å². The summed E-state index contributed by atoms with van der Waals surface area (Å²) in [6.45, 7) is 0.372. The fourth-order valence-corrected chi connectivity index (χ4v) is 6.82. The molecule has 8 unspecified atom stereocenters. The Kier molecular flexibility index (Phi) is 8.66. The van der Waals surface area contributed by atoms with Crippen LogP contribution in [-0.4, -0.2) is 44.2 Å². The summed E-state index contributed by atoms with van der Waals surface area (Å²) in [5, 5.41) is 11.4. The molecule has 4 aliphatic carbocycles. The van der Waals surface area contributed by atoms with Crippen LogP contribution in [0.4, 0.5) is 0 Å². The first kappa shape index (κ1) is 25.5. The number of esters is 3. The topological polar surface area (TPSA) is 119 Å². The van der Waals surface area contributed by atoms with Gasteiger partial charge in [-0.1, -0.05) is 0 Å². The molecule has 0 saturated heterocycles. The standard InChI is InChI=1S/C23H32O8.Na/c1-29-21(26)18-14-6-7-15(11-14)19(18)23(28)31-9-3-2-8-30-22(27)17-13-5-4-12(10-13)16(17)20(24)25;/h12-19H,2-11H2,1H3,(H,24,25);/q;+1/p-1. The molecule has 172 valence electrons. The van der Waals surface area contributed by atoms with Gasteiger partial charge in [0.25, 0.3) is 0 Å². The van der Waals surface area contributed by atoms with E-state index in [1.165, 1.54) is 7.11 Å². The molecule has 4 bridgehead atoms. The first-order valence-electron chi connectivity index (χ1n) is 11.5. The van der Waals surface area contributed by atoms with Gasteiger partial charge in [0.05, 0.1) is 38.1 Å². The molecule has 0 spiro atoms. The smallest absolute Gasteiger partial charge is 0.550 e. The maximum absolute atomic E-state index is 12.6. The number of hydrogen-bond donors (Lipinski definition) is 0. The van der Waals surface area contributed by atoms with Gasteiger partial charge >= 0.3 is 47.5 Å². The fraction of sp³-hybridized carbons (Fsp3) is 0.826. The first-order chi connectivity index (χ1) is 14.9. The Morgan fingerprint density at radius 1 is 0.688 bits per heavy atom. The Hall–Kier alpha value is -1.12. The van der Waals surface area contributed by atoms with Crippen LogP contribution in [0.15, 0.2) is 0 Å². The van der Waals surface area contributed by atoms with Crippen molar-refractivity contribution >= 4 is 23.9 Å². The summed E-state index contributed by atoms with van der Waals surface area (Å²) in [6.07, 6.45) is 6.33. The number of hydrogen-bond acceptors (Lipinski definition) is 8. The quantitative estimate of drug-likeness (QED) is 0.170. The van der Waals surface area contributed by atoms with Crippen LogP contribution in [-0.2, 0) is 33.4 Å². The Bertz CT molecular complexity index is 740. The molecule has 4 rings (SSSR count). The number of carboxylic acid groups (broad SMARTS) is 1. The molecule has 0 aliphatic heterocycles. The molecule has 4 aliphatic rings. The zero-order valence-corrected chi connectivity index (χ0v) is 21.0. The number of methoxy groups -OCH3 is 1. The van der Waals surface area contributed by atoms with Gasteiger partial charge in [0, 0.05) is 11.9 Å². The number of fused-ring (bicyclic) bond motifs is 4. The van der Waals surface area contributed by atoms with Gasteiger partial charge in [0.2, 0.25) is 0 Å². The van der Waals surface area contributed by atoms with Crippen LogP contribution >= 0.6 is 0 Å². The van der Waals surface area contributed by atoms with Crippen LogP contribution in [0.5, 0.6) is 0 Å². The van der Waals surface area contributed by atoms with Crippen LogP contribution in [0.25, 0.3) is 0 Å². The summed E-state index contributed by atoms with van der Waals surface area (Å²) >= 11 is 0. The molecule has 0 N–H and O–H groups in total. The second kappa shape index (κ2) is 10.9. The predicted octanol–water partition coefficient (Wildman–Crippen LogP) is -1.90. The Balaban J connectivity index is 0.00000289. The van der Waals surface area contributed by atoms with Gasteiger partial charge in [-0.2, -0.15) is 0 Å². The molecule has 0 amide bonds. The maximum atomic E-state index is 12.6. The number of aliphatic carboxylic acids is 1. The SMILES string of the molecule is COC(=O)C1C2CCC(C2)C1C(=O)OCCCCOC(=O)C1C2CCC(C2)C1C(=O)[O-].[Na+]. The van der Waals surface area contributed by atoms with Gasteiger partial charge in [-0.3, -0.25) is 14.4 Å². The monoisotopic (exact) mass is 458 g/mol. The third-order valence-corrected chi connectivity index (χ3v) is 8.15. The van der Waals surface area contributed by atoms with Crippen LogP contribution < -0.4 is 34.7 Å². The minimum absolute atomic E-state index is 0. The van der Waals surface area contributed by atoms with Gasteiger partial charge in [0.15, 0.2) is 0 Å². The number of unbranched alkanes of at least 4 members (excludes halogenated alkanes) is 1. The van der Waals surface area contributed by atoms with Crippen molar-refractivity contribution in [3.63, 3.8) is 0 Å². The van der Waals surface area contributed by atoms with Gasteiger partial charge in [-0.25, -0.2) is 0 Å². The predicted molar refractivity (Wildman–Crippen MR) is 104 cm³/mol. The third kappa shape index (κ3) is 4.87. The van der Waals surface area contributed by atoms with Crippen molar-refractivity contribution in [2.24, 2.45) is 47.3 Å². The van der Waals surface area contributed by atoms with Crippen molar-refractivity contribution in [3.05, 3.63) is 0 Å². The molecule has 8 nitrogen and oxygen atoms in total. The van der Waals surface area contributed by atoms with Crippen molar-refractivity contribution in [1.29, 1.82) is 0 Å². The summed E-state index contributed by atoms with van der Waals surface area (Å²) < 4.78 is 15.7. The average Bonchev–Trinajstić information content (AvgIpc) is 3.54. The second-order valence-electron chi connectivity index (χ2n) is 9.65. The number of rotatable bonds is 9. The van der Waals surface area contributed by atoms with Crippen molar-refractivity contribution in [2.75, 3.05) is 20.3 Å². The molecule has 4 fully saturated rings. The van der Waals surface area contributed by atoms with E-state index in [1.54, 1.807) is 0 Å². The Morgan fingerprint density at radius 2 is 1.06 bits per heavy atom. The molecule has 0 radical (unpaired) electrons. The number of carbonyl (C=O) groups is 4. The summed E-state index contributed by atoms with van der Waals surface area (Å²) in [7, 11) is 1.35. The zero-order valence-electron chi connectivity index (χ0n) is 19.0. The van der Waals surface area contributed by atoms with E-state index < -0.39 is 35.6 Å². The molecule has 9 heteroatoms. The van der Waals surface area contributed by atoms with E-state index >= 15 is 0 Å². The van der Waals surface area contributed by atoms with Crippen molar-refractivity contribution in [2.45, 2.75) is 51.4 Å². The minimum atomic E-state index is -1.15. The molecule has 0 aromatic rings. The van der Waals surface area contributed by atoms with E-state index in [-0.39, 0.29) is 78.4 Å². The minimum Gasteiger partial charge on any atom is -0.550 e. The summed E-state index contributed by atoms with van der Waals surface area (Å²) in [4.78, 5) is 48.5. The summed E-state index contributed by atoms with van der Waals surface area (Å²) in [5.74, 6) is -3.84. The molecule has 8 atom stereocenters. The van der Waals surface area contributed by atoms with Gasteiger partial charge in [0.1, 0.15) is 0 Å². The molecule has 4 saturated carbocycles. The van der Waals surface area contributed by atoms with Gasteiger partial charge in [-0.15, -0.1) is 0 Å². The van der Waals surface area contributed by atoms with E-state index in [2.05, 4.69) is 0 Å². The van der Waals surface area contributed by atoms with Crippen molar-refractivity contribution < 1.29 is 68.1 Å². The number of carbonyl (C=O) groups excluding carboxylic acids is 4. The fourth-order valence-electron chi connectivity index (χ4n) is 6.82. The molecule has 32 heavy (non-hydrogen) atoms. The van der Waals surface area contributed by atoms with Crippen LogP contribution in [0, 0.1) is 47.3 Å². The van der Waals surface area contributed by atoms with Crippen LogP contribution in [0.3, 0.4) is 0 Å².